The van der Waals surface area contributed by atoms with Gasteiger partial charge in [-0.05, 0) is 51.0 Å². The van der Waals surface area contributed by atoms with Crippen LogP contribution in [-0.4, -0.2) is 62.7 Å². The van der Waals surface area contributed by atoms with Gasteiger partial charge in [0.15, 0.2) is 0 Å². The molecule has 0 aromatic heterocycles. The number of hydrogen-bond donors (Lipinski definition) is 0. The SMILES string of the molecule is CN1CCC(CN2CCN(c3ccccc3C(F)(F)F)CC2)CC1. The molecule has 0 amide bonds. The molecule has 2 aliphatic rings. The smallest absolute Gasteiger partial charge is 0.368 e. The summed E-state index contributed by atoms with van der Waals surface area (Å²) in [5.74, 6) is 0.732. The molecule has 3 rings (SSSR count). The van der Waals surface area contributed by atoms with Gasteiger partial charge in [-0.2, -0.15) is 13.2 Å². The average Bonchev–Trinajstić information content (AvgIpc) is 2.57. The quantitative estimate of drug-likeness (QED) is 0.836. The van der Waals surface area contributed by atoms with E-state index in [9.17, 15) is 13.2 Å². The Morgan fingerprint density at radius 1 is 0.958 bits per heavy atom. The minimum atomic E-state index is -4.29. The lowest BCUT2D eigenvalue weighted by molar-refractivity contribution is -0.137. The Labute approximate surface area is 142 Å². The molecule has 0 N–H and O–H groups in total. The second kappa shape index (κ2) is 7.31. The number of halogens is 3. The van der Waals surface area contributed by atoms with Crippen LogP contribution < -0.4 is 4.90 Å². The maximum Gasteiger partial charge on any atom is 0.418 e. The molecule has 0 saturated carbocycles. The number of anilines is 1. The van der Waals surface area contributed by atoms with Crippen molar-refractivity contribution in [1.82, 2.24) is 9.80 Å². The fourth-order valence-corrected chi connectivity index (χ4v) is 3.77. The van der Waals surface area contributed by atoms with Crippen molar-refractivity contribution in [3.63, 3.8) is 0 Å². The third kappa shape index (κ3) is 4.22. The van der Waals surface area contributed by atoms with Crippen molar-refractivity contribution in [1.29, 1.82) is 0 Å². The fourth-order valence-electron chi connectivity index (χ4n) is 3.77. The largest absolute Gasteiger partial charge is 0.418 e. The van der Waals surface area contributed by atoms with Gasteiger partial charge in [0, 0.05) is 38.4 Å². The van der Waals surface area contributed by atoms with Crippen molar-refractivity contribution in [2.45, 2.75) is 19.0 Å². The summed E-state index contributed by atoms with van der Waals surface area (Å²) in [6, 6.07) is 5.92. The molecular weight excluding hydrogens is 315 g/mol. The molecule has 0 bridgehead atoms. The summed E-state index contributed by atoms with van der Waals surface area (Å²) < 4.78 is 39.5. The first kappa shape index (κ1) is 17.5. The van der Waals surface area contributed by atoms with Gasteiger partial charge in [0.2, 0.25) is 0 Å². The molecule has 2 aliphatic heterocycles. The molecular formula is C18H26F3N3. The van der Waals surface area contributed by atoms with Gasteiger partial charge < -0.3 is 9.80 Å². The lowest BCUT2D eigenvalue weighted by Gasteiger charge is -2.39. The molecule has 3 nitrogen and oxygen atoms in total. The van der Waals surface area contributed by atoms with Crippen LogP contribution in [0.2, 0.25) is 0 Å². The summed E-state index contributed by atoms with van der Waals surface area (Å²) in [6.45, 7) is 6.42. The fraction of sp³-hybridized carbons (Fsp3) is 0.667. The van der Waals surface area contributed by atoms with Crippen molar-refractivity contribution in [3.8, 4) is 0 Å². The molecule has 0 atom stereocenters. The van der Waals surface area contributed by atoms with Crippen LogP contribution in [-0.2, 0) is 6.18 Å². The summed E-state index contributed by atoms with van der Waals surface area (Å²) in [5.41, 5.74) is -0.197. The van der Waals surface area contributed by atoms with Crippen LogP contribution in [0.5, 0.6) is 0 Å². The third-order valence-electron chi connectivity index (χ3n) is 5.28. The molecule has 134 valence electrons. The monoisotopic (exact) mass is 341 g/mol. The van der Waals surface area contributed by atoms with E-state index < -0.39 is 11.7 Å². The minimum absolute atomic E-state index is 0.323. The molecule has 2 fully saturated rings. The molecule has 0 radical (unpaired) electrons. The normalized spacial score (nSPS) is 22.1. The first-order chi connectivity index (χ1) is 11.4. The van der Waals surface area contributed by atoms with Crippen molar-refractivity contribution in [3.05, 3.63) is 29.8 Å². The maximum absolute atomic E-state index is 13.2. The van der Waals surface area contributed by atoms with E-state index in [0.717, 1.165) is 38.6 Å². The second-order valence-electron chi connectivity index (χ2n) is 7.05. The molecule has 0 unspecified atom stereocenters. The van der Waals surface area contributed by atoms with E-state index in [1.807, 2.05) is 4.90 Å². The average molecular weight is 341 g/mol. The zero-order valence-electron chi connectivity index (χ0n) is 14.2. The van der Waals surface area contributed by atoms with Crippen LogP contribution in [0.3, 0.4) is 0 Å². The lowest BCUT2D eigenvalue weighted by Crippen LogP contribution is -2.49. The number of piperidine rings is 1. The summed E-state index contributed by atoms with van der Waals surface area (Å²) >= 11 is 0. The number of piperazine rings is 1. The standard InChI is InChI=1S/C18H26F3N3/c1-22-8-6-15(7-9-22)14-23-10-12-24(13-11-23)17-5-3-2-4-16(17)18(19,20)21/h2-5,15H,6-14H2,1H3. The van der Waals surface area contributed by atoms with E-state index in [2.05, 4.69) is 16.8 Å². The minimum Gasteiger partial charge on any atom is -0.368 e. The predicted octanol–water partition coefficient (Wildman–Crippen LogP) is 3.17. The Bertz CT molecular complexity index is 531. The van der Waals surface area contributed by atoms with Gasteiger partial charge in [0.1, 0.15) is 0 Å². The summed E-state index contributed by atoms with van der Waals surface area (Å²) in [6.07, 6.45) is -1.83. The summed E-state index contributed by atoms with van der Waals surface area (Å²) in [4.78, 5) is 6.67. The zero-order valence-corrected chi connectivity index (χ0v) is 14.2. The van der Waals surface area contributed by atoms with Crippen molar-refractivity contribution < 1.29 is 13.2 Å². The number of hydrogen-bond acceptors (Lipinski definition) is 3. The predicted molar refractivity (Wildman–Crippen MR) is 90.3 cm³/mol. The van der Waals surface area contributed by atoms with E-state index in [4.69, 9.17) is 0 Å². The van der Waals surface area contributed by atoms with Crippen LogP contribution in [0, 0.1) is 5.92 Å². The zero-order chi connectivity index (χ0) is 17.2. The van der Waals surface area contributed by atoms with Crippen LogP contribution >= 0.6 is 0 Å². The van der Waals surface area contributed by atoms with Crippen LogP contribution in [0.1, 0.15) is 18.4 Å². The highest BCUT2D eigenvalue weighted by atomic mass is 19.4. The number of likely N-dealkylation sites (tertiary alicyclic amines) is 1. The summed E-state index contributed by atoms with van der Waals surface area (Å²) in [7, 11) is 2.16. The second-order valence-corrected chi connectivity index (χ2v) is 7.05. The molecule has 1 aromatic rings. The molecule has 2 saturated heterocycles. The van der Waals surface area contributed by atoms with E-state index in [1.165, 1.54) is 25.0 Å². The van der Waals surface area contributed by atoms with Crippen LogP contribution in [0.15, 0.2) is 24.3 Å². The molecule has 1 aromatic carbocycles. The lowest BCUT2D eigenvalue weighted by atomic mass is 9.96. The molecule has 0 spiro atoms. The molecule has 2 heterocycles. The van der Waals surface area contributed by atoms with Gasteiger partial charge in [-0.15, -0.1) is 0 Å². The number of rotatable bonds is 3. The van der Waals surface area contributed by atoms with Gasteiger partial charge in [-0.3, -0.25) is 4.90 Å². The van der Waals surface area contributed by atoms with Crippen LogP contribution in [0.4, 0.5) is 18.9 Å². The highest BCUT2D eigenvalue weighted by Crippen LogP contribution is 2.36. The Kier molecular flexibility index (Phi) is 5.35. The Balaban J connectivity index is 1.56. The highest BCUT2D eigenvalue weighted by Gasteiger charge is 2.35. The maximum atomic E-state index is 13.2. The number of benzene rings is 1. The number of para-hydroxylation sites is 1. The first-order valence-corrected chi connectivity index (χ1v) is 8.75. The first-order valence-electron chi connectivity index (χ1n) is 8.75. The van der Waals surface area contributed by atoms with Crippen LogP contribution in [0.25, 0.3) is 0 Å². The molecule has 6 heteroatoms. The van der Waals surface area contributed by atoms with Gasteiger partial charge in [-0.1, -0.05) is 12.1 Å². The topological polar surface area (TPSA) is 9.72 Å². The van der Waals surface area contributed by atoms with Crippen molar-refractivity contribution in [2.24, 2.45) is 5.92 Å². The van der Waals surface area contributed by atoms with E-state index in [0.29, 0.717) is 18.8 Å². The van der Waals surface area contributed by atoms with Gasteiger partial charge in [0.25, 0.3) is 0 Å². The Hall–Kier alpha value is -1.27. The molecule has 0 aliphatic carbocycles. The van der Waals surface area contributed by atoms with Gasteiger partial charge in [-0.25, -0.2) is 0 Å². The molecule has 24 heavy (non-hydrogen) atoms. The van der Waals surface area contributed by atoms with Crippen molar-refractivity contribution >= 4 is 5.69 Å². The highest BCUT2D eigenvalue weighted by molar-refractivity contribution is 5.55. The van der Waals surface area contributed by atoms with Crippen molar-refractivity contribution in [2.75, 3.05) is 57.8 Å². The Morgan fingerprint density at radius 2 is 1.58 bits per heavy atom. The van der Waals surface area contributed by atoms with E-state index in [-0.39, 0.29) is 0 Å². The number of alkyl halides is 3. The summed E-state index contributed by atoms with van der Waals surface area (Å²) in [5, 5.41) is 0. The van der Waals surface area contributed by atoms with Gasteiger partial charge in [0.05, 0.1) is 5.56 Å². The van der Waals surface area contributed by atoms with Gasteiger partial charge >= 0.3 is 6.18 Å². The Morgan fingerprint density at radius 3 is 2.21 bits per heavy atom. The third-order valence-corrected chi connectivity index (χ3v) is 5.28. The van der Waals surface area contributed by atoms with E-state index in [1.54, 1.807) is 12.1 Å². The van der Waals surface area contributed by atoms with E-state index >= 15 is 0 Å². The number of nitrogens with zero attached hydrogens (tertiary/aromatic N) is 3.